The van der Waals surface area contributed by atoms with Crippen LogP contribution in [0.25, 0.3) is 6.08 Å². The van der Waals surface area contributed by atoms with Crippen LogP contribution in [0.4, 0.5) is 0 Å². The molecule has 1 amide bonds. The van der Waals surface area contributed by atoms with Crippen LogP contribution in [0, 0.1) is 18.3 Å². The molecule has 1 atom stereocenters. The molecule has 1 rings (SSSR count). The van der Waals surface area contributed by atoms with Gasteiger partial charge in [0.25, 0.3) is 0 Å². The van der Waals surface area contributed by atoms with Crippen molar-refractivity contribution in [3.8, 4) is 0 Å². The third-order valence-corrected chi connectivity index (χ3v) is 3.56. The van der Waals surface area contributed by atoms with Crippen LogP contribution < -0.4 is 5.32 Å². The first-order chi connectivity index (χ1) is 9.67. The molecule has 1 aromatic rings. The Balaban J connectivity index is 2.50. The van der Waals surface area contributed by atoms with E-state index in [4.69, 9.17) is 0 Å². The Labute approximate surface area is 129 Å². The second kappa shape index (κ2) is 7.36. The number of carbonyl (C=O) groups excluding carboxylic acids is 1. The fraction of sp³-hybridized carbons (Fsp3) is 0.533. The van der Waals surface area contributed by atoms with Gasteiger partial charge in [0.15, 0.2) is 0 Å². The number of hydrogen-bond acceptors (Lipinski definition) is 4. The van der Waals surface area contributed by atoms with Crippen LogP contribution >= 0.6 is 11.3 Å². The largest absolute Gasteiger partial charge is 0.481 e. The van der Waals surface area contributed by atoms with Crippen LogP contribution in [-0.4, -0.2) is 28.5 Å². The standard InChI is InChI=1S/C15H22N2O3S/c1-10-17-12(9-21-10)5-6-13(18)16-8-11(14(19)20)7-15(2,3)4/h5-6,9,11H,7-8H2,1-4H3,(H,16,18)(H,19,20)/b6-5+. The van der Waals surface area contributed by atoms with Gasteiger partial charge in [0.05, 0.1) is 16.6 Å². The maximum atomic E-state index is 11.7. The number of rotatable bonds is 6. The highest BCUT2D eigenvalue weighted by atomic mass is 32.1. The Hall–Kier alpha value is -1.69. The molecule has 6 heteroatoms. The van der Waals surface area contributed by atoms with Crippen molar-refractivity contribution in [2.24, 2.45) is 11.3 Å². The van der Waals surface area contributed by atoms with Crippen LogP contribution in [0.15, 0.2) is 11.5 Å². The Bertz CT molecular complexity index is 529. The van der Waals surface area contributed by atoms with Gasteiger partial charge >= 0.3 is 5.97 Å². The summed E-state index contributed by atoms with van der Waals surface area (Å²) in [6.45, 7) is 7.97. The van der Waals surface area contributed by atoms with E-state index in [1.54, 1.807) is 6.08 Å². The number of aryl methyl sites for hydroxylation is 1. The molecular formula is C15H22N2O3S. The van der Waals surface area contributed by atoms with Crippen molar-refractivity contribution in [2.75, 3.05) is 6.54 Å². The van der Waals surface area contributed by atoms with Gasteiger partial charge in [-0.2, -0.15) is 0 Å². The van der Waals surface area contributed by atoms with Crippen molar-refractivity contribution in [1.29, 1.82) is 0 Å². The Morgan fingerprint density at radius 1 is 1.48 bits per heavy atom. The minimum absolute atomic E-state index is 0.0955. The summed E-state index contributed by atoms with van der Waals surface area (Å²) >= 11 is 1.51. The minimum atomic E-state index is -0.885. The summed E-state index contributed by atoms with van der Waals surface area (Å²) in [5.74, 6) is -1.77. The van der Waals surface area contributed by atoms with E-state index >= 15 is 0 Å². The van der Waals surface area contributed by atoms with Crippen molar-refractivity contribution in [3.63, 3.8) is 0 Å². The van der Waals surface area contributed by atoms with Crippen LogP contribution in [0.5, 0.6) is 0 Å². The number of carbonyl (C=O) groups is 2. The zero-order valence-electron chi connectivity index (χ0n) is 12.8. The van der Waals surface area contributed by atoms with Gasteiger partial charge in [-0.1, -0.05) is 20.8 Å². The predicted molar refractivity (Wildman–Crippen MR) is 84.1 cm³/mol. The van der Waals surface area contributed by atoms with Gasteiger partial charge in [-0.25, -0.2) is 4.98 Å². The van der Waals surface area contributed by atoms with Gasteiger partial charge in [-0.3, -0.25) is 9.59 Å². The number of carboxylic acids is 1. The molecule has 0 saturated carbocycles. The van der Waals surface area contributed by atoms with Crippen LogP contribution in [0.1, 0.15) is 37.9 Å². The summed E-state index contributed by atoms with van der Waals surface area (Å²) in [5.41, 5.74) is 0.638. The van der Waals surface area contributed by atoms with Gasteiger partial charge in [0.1, 0.15) is 0 Å². The Kier molecular flexibility index (Phi) is 6.08. The topological polar surface area (TPSA) is 79.3 Å². The SMILES string of the molecule is Cc1nc(/C=C/C(=O)NCC(CC(C)(C)C)C(=O)O)cs1. The highest BCUT2D eigenvalue weighted by Gasteiger charge is 2.24. The monoisotopic (exact) mass is 310 g/mol. The normalized spacial score (nSPS) is 13.3. The molecule has 0 saturated heterocycles. The average Bonchev–Trinajstić information content (AvgIpc) is 2.76. The molecule has 116 valence electrons. The fourth-order valence-corrected chi connectivity index (χ4v) is 2.47. The lowest BCUT2D eigenvalue weighted by Crippen LogP contribution is -2.34. The van der Waals surface area contributed by atoms with Crippen LogP contribution in [0.2, 0.25) is 0 Å². The summed E-state index contributed by atoms with van der Waals surface area (Å²) in [6, 6.07) is 0. The first kappa shape index (κ1) is 17.4. The fourth-order valence-electron chi connectivity index (χ4n) is 1.89. The summed E-state index contributed by atoms with van der Waals surface area (Å²) in [5, 5.41) is 14.6. The Morgan fingerprint density at radius 3 is 2.62 bits per heavy atom. The number of thiazole rings is 1. The van der Waals surface area contributed by atoms with Gasteiger partial charge in [-0.05, 0) is 24.8 Å². The van der Waals surface area contributed by atoms with E-state index < -0.39 is 11.9 Å². The van der Waals surface area contributed by atoms with Crippen molar-refractivity contribution in [1.82, 2.24) is 10.3 Å². The Morgan fingerprint density at radius 2 is 2.14 bits per heavy atom. The lowest BCUT2D eigenvalue weighted by molar-refractivity contribution is -0.142. The average molecular weight is 310 g/mol. The summed E-state index contributed by atoms with van der Waals surface area (Å²) < 4.78 is 0. The predicted octanol–water partition coefficient (Wildman–Crippen LogP) is 2.72. The molecule has 0 bridgehead atoms. The molecule has 0 aliphatic heterocycles. The molecule has 0 fully saturated rings. The molecule has 2 N–H and O–H groups in total. The van der Waals surface area contributed by atoms with Gasteiger partial charge < -0.3 is 10.4 Å². The van der Waals surface area contributed by atoms with E-state index in [0.29, 0.717) is 6.42 Å². The highest BCUT2D eigenvalue weighted by Crippen LogP contribution is 2.24. The molecule has 21 heavy (non-hydrogen) atoms. The molecule has 0 aromatic carbocycles. The van der Waals surface area contributed by atoms with Crippen LogP contribution in [-0.2, 0) is 9.59 Å². The number of carboxylic acid groups (broad SMARTS) is 1. The maximum Gasteiger partial charge on any atom is 0.308 e. The lowest BCUT2D eigenvalue weighted by atomic mass is 9.84. The molecule has 1 aromatic heterocycles. The van der Waals surface area contributed by atoms with Crippen molar-refractivity contribution >= 4 is 29.3 Å². The maximum absolute atomic E-state index is 11.7. The number of nitrogens with zero attached hydrogens (tertiary/aromatic N) is 1. The van der Waals surface area contributed by atoms with Gasteiger partial charge in [0.2, 0.25) is 5.91 Å². The quantitative estimate of drug-likeness (QED) is 0.792. The smallest absolute Gasteiger partial charge is 0.308 e. The number of aliphatic carboxylic acids is 1. The molecule has 1 unspecified atom stereocenters. The molecular weight excluding hydrogens is 288 g/mol. The number of amides is 1. The number of nitrogens with one attached hydrogen (secondary N) is 1. The van der Waals surface area contributed by atoms with Crippen molar-refractivity contribution in [2.45, 2.75) is 34.1 Å². The highest BCUT2D eigenvalue weighted by molar-refractivity contribution is 7.09. The molecule has 1 heterocycles. The first-order valence-corrected chi connectivity index (χ1v) is 7.66. The van der Waals surface area contributed by atoms with Crippen LogP contribution in [0.3, 0.4) is 0 Å². The zero-order chi connectivity index (χ0) is 16.0. The van der Waals surface area contributed by atoms with Gasteiger partial charge in [0, 0.05) is 18.0 Å². The molecule has 0 aliphatic rings. The summed E-state index contributed by atoms with van der Waals surface area (Å²) in [4.78, 5) is 27.1. The first-order valence-electron chi connectivity index (χ1n) is 6.78. The molecule has 5 nitrogen and oxygen atoms in total. The summed E-state index contributed by atoms with van der Waals surface area (Å²) in [6.07, 6.45) is 3.51. The third-order valence-electron chi connectivity index (χ3n) is 2.77. The van der Waals surface area contributed by atoms with E-state index in [1.165, 1.54) is 17.4 Å². The molecule has 0 spiro atoms. The van der Waals surface area contributed by atoms with E-state index in [0.717, 1.165) is 10.7 Å². The zero-order valence-corrected chi connectivity index (χ0v) is 13.7. The van der Waals surface area contributed by atoms with E-state index in [1.807, 2.05) is 33.1 Å². The van der Waals surface area contributed by atoms with Gasteiger partial charge in [-0.15, -0.1) is 11.3 Å². The molecule has 0 radical (unpaired) electrons. The van der Waals surface area contributed by atoms with Crippen molar-refractivity contribution < 1.29 is 14.7 Å². The molecule has 0 aliphatic carbocycles. The van der Waals surface area contributed by atoms with Crippen molar-refractivity contribution in [3.05, 3.63) is 22.2 Å². The minimum Gasteiger partial charge on any atom is -0.481 e. The van der Waals surface area contributed by atoms with E-state index in [2.05, 4.69) is 10.3 Å². The number of hydrogen-bond donors (Lipinski definition) is 2. The lowest BCUT2D eigenvalue weighted by Gasteiger charge is -2.23. The second-order valence-corrected chi connectivity index (χ2v) is 7.23. The summed E-state index contributed by atoms with van der Waals surface area (Å²) in [7, 11) is 0. The van der Waals surface area contributed by atoms with E-state index in [9.17, 15) is 14.7 Å². The number of aromatic nitrogens is 1. The van der Waals surface area contributed by atoms with E-state index in [-0.39, 0.29) is 17.9 Å². The second-order valence-electron chi connectivity index (χ2n) is 6.17. The third kappa shape index (κ3) is 7.04.